The number of primary amides is 1. The third-order valence-corrected chi connectivity index (χ3v) is 6.39. The van der Waals surface area contributed by atoms with E-state index in [1.165, 1.54) is 6.92 Å². The van der Waals surface area contributed by atoms with Gasteiger partial charge in [-0.2, -0.15) is 10.4 Å². The number of nitrogens with one attached hydrogen (secondary N) is 3. The highest BCUT2D eigenvalue weighted by Gasteiger charge is 2.32. The van der Waals surface area contributed by atoms with Crippen LogP contribution in [0.3, 0.4) is 0 Å². The van der Waals surface area contributed by atoms with Crippen molar-refractivity contribution in [2.45, 2.75) is 46.0 Å². The van der Waals surface area contributed by atoms with Crippen molar-refractivity contribution in [3.05, 3.63) is 71.3 Å². The molecule has 1 heterocycles. The third kappa shape index (κ3) is 6.91. The number of nitriles is 1. The molecule has 0 radical (unpaired) electrons. The number of carbonyl (C=O) groups is 4. The van der Waals surface area contributed by atoms with Crippen LogP contribution in [0.4, 0.5) is 11.4 Å². The molecule has 0 aliphatic carbocycles. The Balaban J connectivity index is 1.62. The lowest BCUT2D eigenvalue weighted by atomic mass is 9.77. The predicted molar refractivity (Wildman–Crippen MR) is 144 cm³/mol. The fourth-order valence-corrected chi connectivity index (χ4v) is 4.29. The molecule has 2 atom stereocenters. The van der Waals surface area contributed by atoms with Crippen LogP contribution in [0.2, 0.25) is 0 Å². The van der Waals surface area contributed by atoms with Gasteiger partial charge < -0.3 is 11.1 Å². The second kappa shape index (κ2) is 12.0. The number of nitrogens with two attached hydrogens (primary N) is 1. The number of carbonyl (C=O) groups excluding carboxylic acids is 4. The van der Waals surface area contributed by atoms with E-state index >= 15 is 0 Å². The monoisotopic (exact) mass is 514 g/mol. The Labute approximate surface area is 221 Å². The molecule has 196 valence electrons. The second-order valence-corrected chi connectivity index (χ2v) is 9.54. The first-order chi connectivity index (χ1) is 18.0. The van der Waals surface area contributed by atoms with E-state index in [-0.39, 0.29) is 35.1 Å². The number of benzene rings is 2. The van der Waals surface area contributed by atoms with Crippen LogP contribution in [-0.2, 0) is 19.2 Å². The minimum atomic E-state index is -0.966. The zero-order chi connectivity index (χ0) is 27.9. The Morgan fingerprint density at radius 3 is 2.45 bits per heavy atom. The summed E-state index contributed by atoms with van der Waals surface area (Å²) in [5.74, 6) is -2.67. The van der Waals surface area contributed by atoms with Gasteiger partial charge in [0.15, 0.2) is 5.71 Å². The lowest BCUT2D eigenvalue weighted by molar-refractivity contribution is -0.127. The molecule has 0 bridgehead atoms. The van der Waals surface area contributed by atoms with Crippen LogP contribution in [0.15, 0.2) is 70.8 Å². The Morgan fingerprint density at radius 1 is 1.11 bits per heavy atom. The quantitative estimate of drug-likeness (QED) is 0.215. The van der Waals surface area contributed by atoms with E-state index in [0.717, 1.165) is 5.56 Å². The zero-order valence-electron chi connectivity index (χ0n) is 21.5. The summed E-state index contributed by atoms with van der Waals surface area (Å²) in [7, 11) is 0. The van der Waals surface area contributed by atoms with Crippen LogP contribution in [0.25, 0.3) is 0 Å². The van der Waals surface area contributed by atoms with Gasteiger partial charge in [-0.05, 0) is 56.4 Å². The first kappa shape index (κ1) is 27.8. The van der Waals surface area contributed by atoms with Gasteiger partial charge in [0.05, 0.1) is 17.2 Å². The SMILES string of the molecule is CC1=C(C(N)=O)C(=O)NC(=O)/C1=N\Nc1cccc(NC(=O)CCC(C)(C#N)CC(C)c2ccccc2)c1. The Morgan fingerprint density at radius 2 is 1.79 bits per heavy atom. The van der Waals surface area contributed by atoms with Crippen molar-refractivity contribution >= 4 is 40.7 Å². The van der Waals surface area contributed by atoms with Gasteiger partial charge >= 0.3 is 0 Å². The maximum Gasteiger partial charge on any atom is 0.278 e. The summed E-state index contributed by atoms with van der Waals surface area (Å²) in [6.45, 7) is 5.36. The van der Waals surface area contributed by atoms with Crippen LogP contribution in [0.1, 0.15) is 51.5 Å². The van der Waals surface area contributed by atoms with Crippen LogP contribution in [0, 0.1) is 16.7 Å². The molecule has 0 saturated heterocycles. The van der Waals surface area contributed by atoms with Gasteiger partial charge in [-0.15, -0.1) is 0 Å². The average Bonchev–Trinajstić information content (AvgIpc) is 2.87. The molecule has 0 saturated carbocycles. The van der Waals surface area contributed by atoms with Crippen molar-refractivity contribution in [1.29, 1.82) is 5.26 Å². The van der Waals surface area contributed by atoms with Gasteiger partial charge in [0.1, 0.15) is 5.57 Å². The number of nitrogens with zero attached hydrogens (tertiary/aromatic N) is 2. The molecule has 1 aliphatic rings. The van der Waals surface area contributed by atoms with Gasteiger partial charge in [0.2, 0.25) is 5.91 Å². The number of amides is 4. The summed E-state index contributed by atoms with van der Waals surface area (Å²) in [6.07, 6.45) is 1.20. The molecule has 0 aromatic heterocycles. The van der Waals surface area contributed by atoms with E-state index < -0.39 is 23.1 Å². The van der Waals surface area contributed by atoms with Crippen molar-refractivity contribution in [3.63, 3.8) is 0 Å². The van der Waals surface area contributed by atoms with Crippen molar-refractivity contribution < 1.29 is 19.2 Å². The maximum absolute atomic E-state index is 12.7. The highest BCUT2D eigenvalue weighted by atomic mass is 16.2. The topological polar surface area (TPSA) is 167 Å². The standard InChI is InChI=1S/C28H30N6O4/c1-17(19-8-5-4-6-9-19)15-28(3,16-29)13-12-22(35)31-20-10-7-11-21(14-20)33-34-24-18(2)23(25(30)36)26(37)32-27(24)38/h4-11,14,17,33H,12-13,15H2,1-3H3,(H2,30,36)(H,31,35)(H,32,37,38)/b34-24-. The minimum Gasteiger partial charge on any atom is -0.365 e. The van der Waals surface area contributed by atoms with E-state index in [1.54, 1.807) is 24.3 Å². The van der Waals surface area contributed by atoms with E-state index in [2.05, 4.69) is 28.8 Å². The molecule has 0 spiro atoms. The minimum absolute atomic E-state index is 0.0605. The van der Waals surface area contributed by atoms with Crippen LogP contribution < -0.4 is 21.8 Å². The number of hydrogen-bond donors (Lipinski definition) is 4. The number of hydrogen-bond acceptors (Lipinski definition) is 7. The Bertz CT molecular complexity index is 1360. The maximum atomic E-state index is 12.7. The highest BCUT2D eigenvalue weighted by Crippen LogP contribution is 2.35. The largest absolute Gasteiger partial charge is 0.365 e. The van der Waals surface area contributed by atoms with Gasteiger partial charge in [0, 0.05) is 17.7 Å². The number of hydrazone groups is 1. The van der Waals surface area contributed by atoms with Crippen LogP contribution in [0.5, 0.6) is 0 Å². The lowest BCUT2D eigenvalue weighted by Gasteiger charge is -2.25. The molecular weight excluding hydrogens is 484 g/mol. The molecule has 2 aromatic carbocycles. The predicted octanol–water partition coefficient (Wildman–Crippen LogP) is 3.36. The molecule has 2 aromatic rings. The Hall–Kier alpha value is -4.78. The van der Waals surface area contributed by atoms with E-state index in [0.29, 0.717) is 24.2 Å². The summed E-state index contributed by atoms with van der Waals surface area (Å²) in [6, 6.07) is 19.0. The fraction of sp³-hybridized carbons (Fsp3) is 0.286. The lowest BCUT2D eigenvalue weighted by Crippen LogP contribution is -2.46. The molecule has 1 aliphatic heterocycles. The molecule has 10 heteroatoms. The number of anilines is 2. The van der Waals surface area contributed by atoms with Crippen LogP contribution in [-0.4, -0.2) is 29.3 Å². The van der Waals surface area contributed by atoms with Gasteiger partial charge in [-0.1, -0.05) is 43.3 Å². The molecule has 4 amide bonds. The molecule has 38 heavy (non-hydrogen) atoms. The first-order valence-electron chi connectivity index (χ1n) is 12.1. The zero-order valence-corrected chi connectivity index (χ0v) is 21.5. The van der Waals surface area contributed by atoms with E-state index in [1.807, 2.05) is 42.6 Å². The van der Waals surface area contributed by atoms with Gasteiger partial charge in [0.25, 0.3) is 17.7 Å². The van der Waals surface area contributed by atoms with Crippen molar-refractivity contribution in [2.75, 3.05) is 10.7 Å². The summed E-state index contributed by atoms with van der Waals surface area (Å²) < 4.78 is 0. The summed E-state index contributed by atoms with van der Waals surface area (Å²) in [4.78, 5) is 48.2. The van der Waals surface area contributed by atoms with E-state index in [4.69, 9.17) is 5.73 Å². The normalized spacial score (nSPS) is 16.7. The molecule has 5 N–H and O–H groups in total. The fourth-order valence-electron chi connectivity index (χ4n) is 4.29. The smallest absolute Gasteiger partial charge is 0.278 e. The van der Waals surface area contributed by atoms with Crippen molar-refractivity contribution in [1.82, 2.24) is 5.32 Å². The summed E-state index contributed by atoms with van der Waals surface area (Å²) in [5.41, 5.74) is 8.93. The molecular formula is C28H30N6O4. The Kier molecular flexibility index (Phi) is 8.76. The van der Waals surface area contributed by atoms with E-state index in [9.17, 15) is 24.4 Å². The summed E-state index contributed by atoms with van der Waals surface area (Å²) in [5, 5.41) is 18.7. The number of rotatable bonds is 10. The van der Waals surface area contributed by atoms with Crippen molar-refractivity contribution in [2.24, 2.45) is 16.3 Å². The average molecular weight is 515 g/mol. The molecule has 3 rings (SSSR count). The molecule has 0 fully saturated rings. The first-order valence-corrected chi connectivity index (χ1v) is 12.1. The van der Waals surface area contributed by atoms with Gasteiger partial charge in [-0.25, -0.2) is 0 Å². The third-order valence-electron chi connectivity index (χ3n) is 6.39. The molecule has 10 nitrogen and oxygen atoms in total. The molecule has 2 unspecified atom stereocenters. The highest BCUT2D eigenvalue weighted by molar-refractivity contribution is 6.52. The van der Waals surface area contributed by atoms with Crippen molar-refractivity contribution in [3.8, 4) is 6.07 Å². The van der Waals surface area contributed by atoms with Crippen LogP contribution >= 0.6 is 0 Å². The second-order valence-electron chi connectivity index (χ2n) is 9.54. The van der Waals surface area contributed by atoms with Gasteiger partial charge in [-0.3, -0.25) is 29.9 Å². The number of imide groups is 1. The summed E-state index contributed by atoms with van der Waals surface area (Å²) >= 11 is 0.